The van der Waals surface area contributed by atoms with Gasteiger partial charge in [0.1, 0.15) is 5.60 Å². The van der Waals surface area contributed by atoms with Crippen LogP contribution in [0.5, 0.6) is 0 Å². The highest BCUT2D eigenvalue weighted by Crippen LogP contribution is 2.48. The van der Waals surface area contributed by atoms with Crippen molar-refractivity contribution >= 4 is 11.8 Å². The molecule has 0 aliphatic heterocycles. The molecule has 0 heterocycles. The first kappa shape index (κ1) is 14.5. The number of carbonyl (C=O) groups excluding carboxylic acids is 2. The predicted molar refractivity (Wildman–Crippen MR) is 77.5 cm³/mol. The van der Waals surface area contributed by atoms with E-state index in [1.165, 1.54) is 6.92 Å². The maximum Gasteiger partial charge on any atom is 0.302 e. The van der Waals surface area contributed by atoms with Crippen molar-refractivity contribution in [2.75, 3.05) is 13.7 Å². The van der Waals surface area contributed by atoms with Crippen molar-refractivity contribution in [1.82, 2.24) is 0 Å². The second-order valence-electron chi connectivity index (χ2n) is 6.34. The van der Waals surface area contributed by atoms with Gasteiger partial charge in [-0.15, -0.1) is 0 Å². The number of ether oxygens (including phenoxy) is 2. The summed E-state index contributed by atoms with van der Waals surface area (Å²) in [7, 11) is 1.61. The summed E-state index contributed by atoms with van der Waals surface area (Å²) in [4.78, 5) is 24.2. The summed E-state index contributed by atoms with van der Waals surface area (Å²) in [6.07, 6.45) is 11.0. The lowest BCUT2D eigenvalue weighted by Gasteiger charge is -2.35. The van der Waals surface area contributed by atoms with Crippen molar-refractivity contribution in [3.8, 4) is 0 Å². The van der Waals surface area contributed by atoms with Crippen LogP contribution in [-0.2, 0) is 19.1 Å². The molecule has 0 saturated heterocycles. The van der Waals surface area contributed by atoms with Gasteiger partial charge in [-0.05, 0) is 37.2 Å². The molecule has 0 spiro atoms. The molecule has 0 radical (unpaired) electrons. The van der Waals surface area contributed by atoms with Crippen LogP contribution in [0.2, 0.25) is 0 Å². The summed E-state index contributed by atoms with van der Waals surface area (Å²) in [6.45, 7) is 1.69. The zero-order chi connectivity index (χ0) is 15.0. The van der Waals surface area contributed by atoms with E-state index in [2.05, 4.69) is 12.2 Å². The van der Waals surface area contributed by atoms with Crippen molar-refractivity contribution < 1.29 is 19.1 Å². The SMILES string of the molecule is COC12C=CC(CC1)C1CC=CC(COC(C)=O)C1C2=O. The largest absolute Gasteiger partial charge is 0.465 e. The molecule has 1 fully saturated rings. The number of allylic oxidation sites excluding steroid dienone is 2. The molecule has 5 atom stereocenters. The fourth-order valence-corrected chi connectivity index (χ4v) is 4.15. The van der Waals surface area contributed by atoms with Crippen LogP contribution in [0, 0.1) is 23.7 Å². The Hall–Kier alpha value is -1.42. The molecular weight excluding hydrogens is 268 g/mol. The van der Waals surface area contributed by atoms with Gasteiger partial charge in [0.05, 0.1) is 6.61 Å². The first-order chi connectivity index (χ1) is 10.1. The minimum absolute atomic E-state index is 0.0322. The molecule has 0 aromatic heterocycles. The molecule has 0 aromatic rings. The number of hydrogen-bond acceptors (Lipinski definition) is 4. The van der Waals surface area contributed by atoms with Crippen LogP contribution < -0.4 is 0 Å². The van der Waals surface area contributed by atoms with Crippen LogP contribution in [0.3, 0.4) is 0 Å². The van der Waals surface area contributed by atoms with Gasteiger partial charge in [0.15, 0.2) is 5.78 Å². The lowest BCUT2D eigenvalue weighted by molar-refractivity contribution is -0.148. The molecular formula is C17H22O4. The van der Waals surface area contributed by atoms with Gasteiger partial charge in [0, 0.05) is 25.9 Å². The maximum atomic E-state index is 13.1. The van der Waals surface area contributed by atoms with E-state index >= 15 is 0 Å². The number of carbonyl (C=O) groups is 2. The van der Waals surface area contributed by atoms with Crippen LogP contribution >= 0.6 is 0 Å². The van der Waals surface area contributed by atoms with E-state index in [0.717, 1.165) is 19.3 Å². The number of hydrogen-bond donors (Lipinski definition) is 0. The van der Waals surface area contributed by atoms with Crippen LogP contribution in [0.15, 0.2) is 24.3 Å². The van der Waals surface area contributed by atoms with Crippen molar-refractivity contribution in [2.45, 2.75) is 31.8 Å². The molecule has 4 aliphatic rings. The quantitative estimate of drug-likeness (QED) is 0.591. The van der Waals surface area contributed by atoms with Crippen molar-refractivity contribution in [1.29, 1.82) is 0 Å². The number of methoxy groups -OCH3 is 1. The van der Waals surface area contributed by atoms with Gasteiger partial charge in [-0.1, -0.05) is 18.2 Å². The van der Waals surface area contributed by atoms with Crippen molar-refractivity contribution in [3.05, 3.63) is 24.3 Å². The Kier molecular flexibility index (Phi) is 3.74. The molecule has 4 heteroatoms. The molecule has 5 unspecified atom stereocenters. The van der Waals surface area contributed by atoms with E-state index in [1.807, 2.05) is 12.2 Å². The van der Waals surface area contributed by atoms with E-state index in [9.17, 15) is 9.59 Å². The molecule has 0 aromatic carbocycles. The van der Waals surface area contributed by atoms with E-state index in [4.69, 9.17) is 9.47 Å². The van der Waals surface area contributed by atoms with Gasteiger partial charge >= 0.3 is 5.97 Å². The lowest BCUT2D eigenvalue weighted by Crippen LogP contribution is -2.46. The zero-order valence-corrected chi connectivity index (χ0v) is 12.6. The highest BCUT2D eigenvalue weighted by molar-refractivity contribution is 5.93. The second kappa shape index (κ2) is 5.41. The Morgan fingerprint density at radius 1 is 1.43 bits per heavy atom. The normalized spacial score (nSPS) is 40.8. The van der Waals surface area contributed by atoms with Crippen LogP contribution in [0.25, 0.3) is 0 Å². The van der Waals surface area contributed by atoms with E-state index in [0.29, 0.717) is 11.8 Å². The number of rotatable bonds is 3. The average molecular weight is 290 g/mol. The van der Waals surface area contributed by atoms with Crippen LogP contribution in [-0.4, -0.2) is 31.1 Å². The minimum atomic E-state index is -0.768. The van der Waals surface area contributed by atoms with Gasteiger partial charge in [-0.3, -0.25) is 9.59 Å². The monoisotopic (exact) mass is 290 g/mol. The van der Waals surface area contributed by atoms with Gasteiger partial charge in [-0.25, -0.2) is 0 Å². The van der Waals surface area contributed by atoms with Gasteiger partial charge in [-0.2, -0.15) is 0 Å². The van der Waals surface area contributed by atoms with E-state index < -0.39 is 5.60 Å². The number of Topliss-reactive ketones (excluding diaryl/α,β-unsaturated/α-hetero) is 1. The summed E-state index contributed by atoms with van der Waals surface area (Å²) in [5.74, 6) is 0.446. The van der Waals surface area contributed by atoms with Crippen molar-refractivity contribution in [2.24, 2.45) is 23.7 Å². The third kappa shape index (κ3) is 2.35. The van der Waals surface area contributed by atoms with Crippen LogP contribution in [0.4, 0.5) is 0 Å². The lowest BCUT2D eigenvalue weighted by atomic mass is 9.69. The molecule has 0 N–H and O–H groups in total. The third-order valence-corrected chi connectivity index (χ3v) is 5.29. The second-order valence-corrected chi connectivity index (χ2v) is 6.34. The number of fused-ring (bicyclic) bond motifs is 1. The predicted octanol–water partition coefficient (Wildman–Crippen LogP) is 2.29. The Labute approximate surface area is 125 Å². The highest BCUT2D eigenvalue weighted by atomic mass is 16.5. The minimum Gasteiger partial charge on any atom is -0.465 e. The fraction of sp³-hybridized carbons (Fsp3) is 0.647. The van der Waals surface area contributed by atoms with Crippen LogP contribution in [0.1, 0.15) is 26.2 Å². The van der Waals surface area contributed by atoms with Gasteiger partial charge in [0.2, 0.25) is 0 Å². The summed E-state index contributed by atoms with van der Waals surface area (Å²) in [5.41, 5.74) is -0.768. The molecule has 0 amide bonds. The zero-order valence-electron chi connectivity index (χ0n) is 12.6. The molecule has 2 bridgehead atoms. The summed E-state index contributed by atoms with van der Waals surface area (Å²) in [6, 6.07) is 0. The average Bonchev–Trinajstić information content (AvgIpc) is 2.70. The first-order valence-electron chi connectivity index (χ1n) is 7.66. The molecule has 1 saturated carbocycles. The summed E-state index contributed by atoms with van der Waals surface area (Å²) in [5, 5.41) is 0. The smallest absolute Gasteiger partial charge is 0.302 e. The third-order valence-electron chi connectivity index (χ3n) is 5.29. The Morgan fingerprint density at radius 2 is 2.24 bits per heavy atom. The molecule has 4 nitrogen and oxygen atoms in total. The maximum absolute atomic E-state index is 13.1. The highest BCUT2D eigenvalue weighted by Gasteiger charge is 2.52. The Bertz CT molecular complexity index is 507. The number of esters is 1. The molecule has 4 aliphatic carbocycles. The summed E-state index contributed by atoms with van der Waals surface area (Å²) < 4.78 is 10.8. The summed E-state index contributed by atoms with van der Waals surface area (Å²) >= 11 is 0. The Morgan fingerprint density at radius 3 is 2.86 bits per heavy atom. The molecule has 4 rings (SSSR count). The standard InChI is InChI=1S/C17H22O4/c1-11(18)21-10-13-4-3-5-14-12-6-8-17(20-2,9-7-12)16(19)15(13)14/h3-4,6,8,12-15H,5,7,9-10H2,1-2H3. The first-order valence-corrected chi connectivity index (χ1v) is 7.66. The van der Waals surface area contributed by atoms with E-state index in [1.54, 1.807) is 7.11 Å². The number of ketones is 1. The van der Waals surface area contributed by atoms with Crippen molar-refractivity contribution in [3.63, 3.8) is 0 Å². The Balaban J connectivity index is 1.92. The topological polar surface area (TPSA) is 52.6 Å². The van der Waals surface area contributed by atoms with Gasteiger partial charge in [0.25, 0.3) is 0 Å². The van der Waals surface area contributed by atoms with Gasteiger partial charge < -0.3 is 9.47 Å². The molecule has 21 heavy (non-hydrogen) atoms. The molecule has 114 valence electrons. The fourth-order valence-electron chi connectivity index (χ4n) is 4.15. The van der Waals surface area contributed by atoms with E-state index in [-0.39, 0.29) is 30.2 Å².